The van der Waals surface area contributed by atoms with Crippen molar-refractivity contribution in [1.29, 1.82) is 0 Å². The van der Waals surface area contributed by atoms with E-state index in [1.54, 1.807) is 32.4 Å². The summed E-state index contributed by atoms with van der Waals surface area (Å²) in [5.74, 6) is 1.52. The van der Waals surface area contributed by atoms with Gasteiger partial charge in [-0.15, -0.1) is 24.0 Å². The highest BCUT2D eigenvalue weighted by Gasteiger charge is 2.15. The van der Waals surface area contributed by atoms with Gasteiger partial charge in [-0.2, -0.15) is 8.78 Å². The number of aliphatic imine (C=N–C) groups is 1. The molecule has 0 bridgehead atoms. The molecular formula is C21H29F2IN4O2. The first-order chi connectivity index (χ1) is 13.9. The third kappa shape index (κ3) is 7.94. The second kappa shape index (κ2) is 13.2. The molecule has 0 saturated heterocycles. The number of nitrogens with zero attached hydrogens (tertiary/aromatic N) is 2. The highest BCUT2D eigenvalue weighted by Crippen LogP contribution is 2.21. The van der Waals surface area contributed by atoms with Gasteiger partial charge in [0.05, 0.1) is 13.2 Å². The zero-order chi connectivity index (χ0) is 21.2. The van der Waals surface area contributed by atoms with Crippen LogP contribution >= 0.6 is 24.0 Å². The van der Waals surface area contributed by atoms with Gasteiger partial charge in [0.2, 0.25) is 0 Å². The second-order valence-corrected chi connectivity index (χ2v) is 6.55. The first kappa shape index (κ1) is 25.9. The number of para-hydroxylation sites is 1. The summed E-state index contributed by atoms with van der Waals surface area (Å²) in [6, 6.07) is 14.7. The van der Waals surface area contributed by atoms with Crippen LogP contribution in [0.3, 0.4) is 0 Å². The Hall–Kier alpha value is -2.14. The molecule has 2 aromatic carbocycles. The van der Waals surface area contributed by atoms with Crippen molar-refractivity contribution in [3.8, 4) is 11.5 Å². The molecular weight excluding hydrogens is 505 g/mol. The van der Waals surface area contributed by atoms with E-state index in [1.165, 1.54) is 6.07 Å². The van der Waals surface area contributed by atoms with Gasteiger partial charge in [-0.25, -0.2) is 0 Å². The molecule has 0 spiro atoms. The van der Waals surface area contributed by atoms with Crippen molar-refractivity contribution in [2.45, 2.75) is 19.2 Å². The van der Waals surface area contributed by atoms with Crippen LogP contribution < -0.4 is 20.1 Å². The number of hydrogen-bond donors (Lipinski definition) is 2. The van der Waals surface area contributed by atoms with Crippen LogP contribution in [-0.4, -0.2) is 52.3 Å². The summed E-state index contributed by atoms with van der Waals surface area (Å²) < 4.78 is 34.9. The zero-order valence-electron chi connectivity index (χ0n) is 17.6. The molecule has 0 fully saturated rings. The number of methoxy groups -OCH3 is 1. The average Bonchev–Trinajstić information content (AvgIpc) is 2.71. The summed E-state index contributed by atoms with van der Waals surface area (Å²) in [4.78, 5) is 6.32. The summed E-state index contributed by atoms with van der Waals surface area (Å²) >= 11 is 0. The van der Waals surface area contributed by atoms with Gasteiger partial charge in [0.25, 0.3) is 0 Å². The fourth-order valence-corrected chi connectivity index (χ4v) is 2.88. The summed E-state index contributed by atoms with van der Waals surface area (Å²) in [5.41, 5.74) is 1.75. The SMILES string of the molecule is CN=C(NCc1ccccc1OC(F)F)NCC(c1ccc(OC)cc1)N(C)C.I. The zero-order valence-corrected chi connectivity index (χ0v) is 19.9. The summed E-state index contributed by atoms with van der Waals surface area (Å²) in [6.45, 7) is -1.95. The van der Waals surface area contributed by atoms with Crippen LogP contribution in [0.4, 0.5) is 8.78 Å². The van der Waals surface area contributed by atoms with Crippen LogP contribution in [0.15, 0.2) is 53.5 Å². The predicted molar refractivity (Wildman–Crippen MR) is 126 cm³/mol. The molecule has 0 aliphatic rings. The van der Waals surface area contributed by atoms with E-state index in [0.29, 0.717) is 24.6 Å². The summed E-state index contributed by atoms with van der Waals surface area (Å²) in [5, 5.41) is 6.42. The van der Waals surface area contributed by atoms with E-state index in [0.717, 1.165) is 11.3 Å². The Morgan fingerprint density at radius 3 is 2.30 bits per heavy atom. The van der Waals surface area contributed by atoms with Crippen molar-refractivity contribution in [1.82, 2.24) is 15.5 Å². The van der Waals surface area contributed by atoms with Crippen molar-refractivity contribution in [3.63, 3.8) is 0 Å². The van der Waals surface area contributed by atoms with E-state index in [2.05, 4.69) is 25.3 Å². The lowest BCUT2D eigenvalue weighted by atomic mass is 10.1. The molecule has 0 aromatic heterocycles. The minimum Gasteiger partial charge on any atom is -0.497 e. The van der Waals surface area contributed by atoms with Crippen LogP contribution in [0.25, 0.3) is 0 Å². The molecule has 1 unspecified atom stereocenters. The van der Waals surface area contributed by atoms with Gasteiger partial charge in [-0.05, 0) is 37.9 Å². The van der Waals surface area contributed by atoms with Crippen LogP contribution in [0.1, 0.15) is 17.2 Å². The molecule has 0 radical (unpaired) electrons. The number of ether oxygens (including phenoxy) is 2. The van der Waals surface area contributed by atoms with Crippen molar-refractivity contribution >= 4 is 29.9 Å². The molecule has 2 aromatic rings. The quantitative estimate of drug-likeness (QED) is 0.291. The van der Waals surface area contributed by atoms with E-state index < -0.39 is 6.61 Å². The lowest BCUT2D eigenvalue weighted by Gasteiger charge is -2.26. The van der Waals surface area contributed by atoms with Gasteiger partial charge in [0.15, 0.2) is 5.96 Å². The van der Waals surface area contributed by atoms with Crippen LogP contribution in [0.2, 0.25) is 0 Å². The molecule has 0 amide bonds. The normalized spacial score (nSPS) is 12.3. The van der Waals surface area contributed by atoms with Crippen LogP contribution in [-0.2, 0) is 6.54 Å². The lowest BCUT2D eigenvalue weighted by Crippen LogP contribution is -2.41. The number of halogens is 3. The van der Waals surface area contributed by atoms with Gasteiger partial charge in [0.1, 0.15) is 11.5 Å². The Balaban J connectivity index is 0.00000450. The Morgan fingerprint density at radius 1 is 1.07 bits per heavy atom. The number of hydrogen-bond acceptors (Lipinski definition) is 4. The average molecular weight is 534 g/mol. The maximum atomic E-state index is 12.6. The molecule has 1 atom stereocenters. The van der Waals surface area contributed by atoms with Gasteiger partial charge in [-0.1, -0.05) is 30.3 Å². The Bertz CT molecular complexity index is 789. The maximum absolute atomic E-state index is 12.6. The fraction of sp³-hybridized carbons (Fsp3) is 0.381. The van der Waals surface area contributed by atoms with Crippen molar-refractivity contribution in [2.24, 2.45) is 4.99 Å². The molecule has 2 N–H and O–H groups in total. The van der Waals surface area contributed by atoms with E-state index in [9.17, 15) is 8.78 Å². The molecule has 0 aliphatic carbocycles. The lowest BCUT2D eigenvalue weighted by molar-refractivity contribution is -0.0504. The molecule has 2 rings (SSSR count). The number of nitrogens with one attached hydrogen (secondary N) is 2. The van der Waals surface area contributed by atoms with Crippen molar-refractivity contribution in [3.05, 3.63) is 59.7 Å². The molecule has 9 heteroatoms. The summed E-state index contributed by atoms with van der Waals surface area (Å²) in [7, 11) is 7.31. The third-order valence-corrected chi connectivity index (χ3v) is 4.45. The molecule has 0 heterocycles. The first-order valence-electron chi connectivity index (χ1n) is 9.22. The standard InChI is InChI=1S/C21H28F2N4O2.HI/c1-24-21(25-13-16-7-5-6-8-19(16)29-20(22)23)26-14-18(27(2)3)15-9-11-17(28-4)12-10-15;/h5-12,18,20H,13-14H2,1-4H3,(H2,24,25,26);1H. The van der Waals surface area contributed by atoms with E-state index >= 15 is 0 Å². The summed E-state index contributed by atoms with van der Waals surface area (Å²) in [6.07, 6.45) is 0. The van der Waals surface area contributed by atoms with E-state index in [4.69, 9.17) is 4.74 Å². The second-order valence-electron chi connectivity index (χ2n) is 6.55. The highest BCUT2D eigenvalue weighted by molar-refractivity contribution is 14.0. The Morgan fingerprint density at radius 2 is 1.73 bits per heavy atom. The van der Waals surface area contributed by atoms with E-state index in [1.807, 2.05) is 38.4 Å². The Labute approximate surface area is 193 Å². The number of guanidine groups is 1. The molecule has 6 nitrogen and oxygen atoms in total. The third-order valence-electron chi connectivity index (χ3n) is 4.45. The minimum absolute atomic E-state index is 0. The van der Waals surface area contributed by atoms with Crippen molar-refractivity contribution < 1.29 is 18.3 Å². The number of likely N-dealkylation sites (N-methyl/N-ethyl adjacent to an activating group) is 1. The van der Waals surface area contributed by atoms with Gasteiger partial charge < -0.3 is 25.0 Å². The smallest absolute Gasteiger partial charge is 0.387 e. The van der Waals surface area contributed by atoms with Gasteiger partial charge >= 0.3 is 6.61 Å². The first-order valence-corrected chi connectivity index (χ1v) is 9.22. The van der Waals surface area contributed by atoms with Crippen molar-refractivity contribution in [2.75, 3.05) is 34.8 Å². The monoisotopic (exact) mass is 534 g/mol. The maximum Gasteiger partial charge on any atom is 0.387 e. The van der Waals surface area contributed by atoms with Gasteiger partial charge in [-0.3, -0.25) is 4.99 Å². The van der Waals surface area contributed by atoms with Crippen LogP contribution in [0, 0.1) is 0 Å². The molecule has 0 aliphatic heterocycles. The highest BCUT2D eigenvalue weighted by atomic mass is 127. The number of alkyl halides is 2. The molecule has 30 heavy (non-hydrogen) atoms. The minimum atomic E-state index is -2.86. The number of benzene rings is 2. The van der Waals surface area contributed by atoms with Gasteiger partial charge in [0, 0.05) is 25.7 Å². The predicted octanol–water partition coefficient (Wildman–Crippen LogP) is 3.88. The largest absolute Gasteiger partial charge is 0.497 e. The van der Waals surface area contributed by atoms with Crippen LogP contribution in [0.5, 0.6) is 11.5 Å². The Kier molecular flexibility index (Phi) is 11.4. The topological polar surface area (TPSA) is 58.1 Å². The molecule has 166 valence electrons. The number of rotatable bonds is 9. The van der Waals surface area contributed by atoms with E-state index in [-0.39, 0.29) is 35.8 Å². The fourth-order valence-electron chi connectivity index (χ4n) is 2.88. The molecule has 0 saturated carbocycles.